The van der Waals surface area contributed by atoms with Gasteiger partial charge in [-0.15, -0.1) is 11.3 Å². The van der Waals surface area contributed by atoms with Gasteiger partial charge in [-0.05, 0) is 75.6 Å². The Morgan fingerprint density at radius 2 is 1.93 bits per heavy atom. The number of likely N-dealkylation sites (tertiary alicyclic amines) is 1. The summed E-state index contributed by atoms with van der Waals surface area (Å²) in [5.74, 6) is -0.00609. The molecular formula is C34H37FN6S. The Morgan fingerprint density at radius 1 is 1.14 bits per heavy atom. The molecule has 216 valence electrons. The van der Waals surface area contributed by atoms with Crippen molar-refractivity contribution < 1.29 is 4.39 Å². The number of hydrogen-bond acceptors (Lipinski definition) is 5. The van der Waals surface area contributed by atoms with E-state index in [0.717, 1.165) is 57.1 Å². The van der Waals surface area contributed by atoms with Crippen LogP contribution in [0.2, 0.25) is 0 Å². The number of pyridine rings is 1. The van der Waals surface area contributed by atoms with Crippen molar-refractivity contribution in [3.63, 3.8) is 0 Å². The van der Waals surface area contributed by atoms with Gasteiger partial charge in [0.05, 0.1) is 22.3 Å². The molecule has 2 N–H and O–H groups in total. The van der Waals surface area contributed by atoms with Crippen LogP contribution in [0, 0.1) is 0 Å². The zero-order valence-electron chi connectivity index (χ0n) is 24.6. The van der Waals surface area contributed by atoms with Crippen molar-refractivity contribution in [3.8, 4) is 22.0 Å². The van der Waals surface area contributed by atoms with Gasteiger partial charge in [-0.3, -0.25) is 15.0 Å². The SMILES string of the molecule is C=C/C(=C\C(=C/C)C(=C)/C(F)=c1/c(-c2nc3c(-c4ccc(C(=C)C)s4)cncc3[nH]2)n[nH]/c1=C/C)CN1CCCCC1. The molecule has 0 saturated carbocycles. The number of rotatable bonds is 9. The highest BCUT2D eigenvalue weighted by molar-refractivity contribution is 7.16. The molecule has 6 nitrogen and oxygen atoms in total. The summed E-state index contributed by atoms with van der Waals surface area (Å²) in [6.07, 6.45) is 14.7. The first-order valence-electron chi connectivity index (χ1n) is 14.3. The summed E-state index contributed by atoms with van der Waals surface area (Å²) in [7, 11) is 0. The molecule has 1 saturated heterocycles. The predicted molar refractivity (Wildman–Crippen MR) is 175 cm³/mol. The summed E-state index contributed by atoms with van der Waals surface area (Å²) >= 11 is 1.64. The van der Waals surface area contributed by atoms with Crippen LogP contribution >= 0.6 is 11.3 Å². The average molecular weight is 581 g/mol. The van der Waals surface area contributed by atoms with Crippen LogP contribution in [0.25, 0.3) is 50.5 Å². The van der Waals surface area contributed by atoms with Crippen molar-refractivity contribution in [1.29, 1.82) is 0 Å². The van der Waals surface area contributed by atoms with E-state index in [9.17, 15) is 0 Å². The lowest BCUT2D eigenvalue weighted by atomic mass is 10.0. The molecule has 0 radical (unpaired) electrons. The topological polar surface area (TPSA) is 73.5 Å². The average Bonchev–Trinajstić information content (AvgIpc) is 3.77. The van der Waals surface area contributed by atoms with Crippen LogP contribution in [0.3, 0.4) is 0 Å². The number of thiophene rings is 1. The third kappa shape index (κ3) is 5.91. The Balaban J connectivity index is 1.56. The number of imidazole rings is 1. The summed E-state index contributed by atoms with van der Waals surface area (Å²) < 4.78 is 16.5. The van der Waals surface area contributed by atoms with Crippen LogP contribution in [0.1, 0.15) is 44.9 Å². The zero-order chi connectivity index (χ0) is 29.8. The van der Waals surface area contributed by atoms with E-state index in [2.05, 4.69) is 56.9 Å². The van der Waals surface area contributed by atoms with E-state index < -0.39 is 5.83 Å². The maximum absolute atomic E-state index is 16.5. The second-order valence-corrected chi connectivity index (χ2v) is 11.6. The maximum Gasteiger partial charge on any atom is 0.159 e. The first kappa shape index (κ1) is 29.4. The van der Waals surface area contributed by atoms with Crippen molar-refractivity contribution in [2.24, 2.45) is 0 Å². The predicted octanol–water partition coefficient (Wildman–Crippen LogP) is 7.09. The van der Waals surface area contributed by atoms with E-state index in [1.54, 1.807) is 29.8 Å². The van der Waals surface area contributed by atoms with E-state index >= 15 is 4.39 Å². The number of allylic oxidation sites excluding steroid dienone is 5. The van der Waals surface area contributed by atoms with Gasteiger partial charge in [0.15, 0.2) is 5.82 Å². The molecule has 0 aromatic carbocycles. The van der Waals surface area contributed by atoms with E-state index in [4.69, 9.17) is 4.98 Å². The van der Waals surface area contributed by atoms with E-state index in [1.165, 1.54) is 19.3 Å². The van der Waals surface area contributed by atoms with Gasteiger partial charge in [0.2, 0.25) is 0 Å². The third-order valence-electron chi connectivity index (χ3n) is 7.60. The molecule has 5 rings (SSSR count). The molecule has 5 heterocycles. The van der Waals surface area contributed by atoms with Gasteiger partial charge in [-0.25, -0.2) is 9.37 Å². The van der Waals surface area contributed by atoms with Crippen LogP contribution in [0.4, 0.5) is 4.39 Å². The number of aromatic amines is 2. The van der Waals surface area contributed by atoms with Gasteiger partial charge in [0, 0.05) is 33.6 Å². The van der Waals surface area contributed by atoms with Gasteiger partial charge < -0.3 is 4.98 Å². The van der Waals surface area contributed by atoms with Crippen LogP contribution in [-0.4, -0.2) is 49.7 Å². The summed E-state index contributed by atoms with van der Waals surface area (Å²) in [4.78, 5) is 17.2. The fourth-order valence-electron chi connectivity index (χ4n) is 5.26. The van der Waals surface area contributed by atoms with Gasteiger partial charge >= 0.3 is 0 Å². The molecule has 0 amide bonds. The largest absolute Gasteiger partial charge is 0.335 e. The maximum atomic E-state index is 16.5. The van der Waals surface area contributed by atoms with Gasteiger partial charge in [-0.2, -0.15) is 5.10 Å². The van der Waals surface area contributed by atoms with Crippen LogP contribution < -0.4 is 10.6 Å². The number of nitrogens with zero attached hydrogens (tertiary/aromatic N) is 4. The minimum Gasteiger partial charge on any atom is -0.335 e. The molecule has 8 heteroatoms. The lowest BCUT2D eigenvalue weighted by molar-refractivity contribution is 0.248. The Hall–Kier alpha value is -4.14. The number of fused-ring (bicyclic) bond motifs is 1. The van der Waals surface area contributed by atoms with Crippen molar-refractivity contribution in [2.45, 2.75) is 40.0 Å². The number of nitrogens with one attached hydrogen (secondary N) is 2. The van der Waals surface area contributed by atoms with Crippen LogP contribution in [0.15, 0.2) is 79.2 Å². The van der Waals surface area contributed by atoms with E-state index in [0.29, 0.717) is 27.7 Å². The summed E-state index contributed by atoms with van der Waals surface area (Å²) in [5, 5.41) is 8.34. The number of H-pyrrole nitrogens is 2. The molecule has 1 fully saturated rings. The van der Waals surface area contributed by atoms with Crippen LogP contribution in [0.5, 0.6) is 0 Å². The van der Waals surface area contributed by atoms with Crippen molar-refractivity contribution in [3.05, 3.63) is 94.7 Å². The van der Waals surface area contributed by atoms with Crippen molar-refractivity contribution in [2.75, 3.05) is 19.6 Å². The number of hydrogen-bond donors (Lipinski definition) is 2. The fourth-order valence-corrected chi connectivity index (χ4v) is 6.20. The molecule has 0 bridgehead atoms. The molecule has 4 aromatic rings. The summed E-state index contributed by atoms with van der Waals surface area (Å²) in [6, 6.07) is 4.10. The third-order valence-corrected chi connectivity index (χ3v) is 8.88. The summed E-state index contributed by atoms with van der Waals surface area (Å²) in [6.45, 7) is 20.9. The summed E-state index contributed by atoms with van der Waals surface area (Å²) in [5.41, 5.74) is 5.80. The highest BCUT2D eigenvalue weighted by atomic mass is 32.1. The normalized spacial score (nSPS) is 16.2. The fraction of sp³-hybridized carbons (Fsp3) is 0.265. The molecule has 0 unspecified atom stereocenters. The number of aromatic nitrogens is 5. The number of halogens is 1. The molecule has 0 atom stereocenters. The molecular weight excluding hydrogens is 543 g/mol. The van der Waals surface area contributed by atoms with Crippen molar-refractivity contribution in [1.82, 2.24) is 30.0 Å². The van der Waals surface area contributed by atoms with Gasteiger partial charge in [0.1, 0.15) is 17.0 Å². The Bertz CT molecular complexity index is 1840. The van der Waals surface area contributed by atoms with E-state index in [-0.39, 0.29) is 5.57 Å². The zero-order valence-corrected chi connectivity index (χ0v) is 25.4. The first-order valence-corrected chi connectivity index (χ1v) is 15.1. The molecule has 1 aliphatic rings. The minimum absolute atomic E-state index is 0.283. The highest BCUT2D eigenvalue weighted by Gasteiger charge is 2.19. The van der Waals surface area contributed by atoms with Gasteiger partial charge in [-0.1, -0.05) is 50.5 Å². The minimum atomic E-state index is -0.458. The Kier molecular flexibility index (Phi) is 8.94. The second kappa shape index (κ2) is 12.8. The molecule has 0 spiro atoms. The molecule has 0 aliphatic carbocycles. The second-order valence-electron chi connectivity index (χ2n) is 10.6. The molecule has 4 aromatic heterocycles. The quantitative estimate of drug-likeness (QED) is 0.207. The van der Waals surface area contributed by atoms with Gasteiger partial charge in [0.25, 0.3) is 0 Å². The Labute approximate surface area is 250 Å². The monoisotopic (exact) mass is 580 g/mol. The standard InChI is InChI=1S/C34H37FN6S/c1-7-23(20-41-15-11-10-12-16-41)17-24(8-2)22(6)31(35)30-26(9-3)39-40-33(30)34-37-27-19-36-18-25(32(27)38-34)29-14-13-28(42-29)21(4)5/h7-9,13-14,17-19,39H,1,4,6,10-12,15-16,20H2,2-3,5H3,(H,37,38)/b23-17+,24-8+,26-9+,31-30-. The first-order chi connectivity index (χ1) is 20.3. The lowest BCUT2D eigenvalue weighted by Crippen LogP contribution is -2.31. The van der Waals surface area contributed by atoms with Crippen LogP contribution in [-0.2, 0) is 0 Å². The smallest absolute Gasteiger partial charge is 0.159 e. The molecule has 1 aliphatic heterocycles. The van der Waals surface area contributed by atoms with E-state index in [1.807, 2.05) is 39.0 Å². The van der Waals surface area contributed by atoms with Crippen molar-refractivity contribution >= 4 is 39.8 Å². The Morgan fingerprint density at radius 3 is 2.60 bits per heavy atom. The highest BCUT2D eigenvalue weighted by Crippen LogP contribution is 2.35. The molecule has 42 heavy (non-hydrogen) atoms. The lowest BCUT2D eigenvalue weighted by Gasteiger charge is -2.26. The number of piperidine rings is 1.